The van der Waals surface area contributed by atoms with Crippen LogP contribution < -0.4 is 10.4 Å². The lowest BCUT2D eigenvalue weighted by atomic mass is 9.93. The summed E-state index contributed by atoms with van der Waals surface area (Å²) < 4.78 is 6.81. The Hall–Kier alpha value is -1.42. The van der Waals surface area contributed by atoms with Gasteiger partial charge in [-0.25, -0.2) is 0 Å². The highest BCUT2D eigenvalue weighted by molar-refractivity contribution is 6.99. The van der Waals surface area contributed by atoms with E-state index in [1.54, 1.807) is 0 Å². The average Bonchev–Trinajstić information content (AvgIpc) is 2.55. The van der Waals surface area contributed by atoms with Crippen LogP contribution in [-0.4, -0.2) is 25.6 Å². The molecule has 2 aromatic rings. The summed E-state index contributed by atoms with van der Waals surface area (Å²) in [6, 6.07) is 21.2. The third kappa shape index (κ3) is 2.89. The summed E-state index contributed by atoms with van der Waals surface area (Å²) in [6.07, 6.45) is 1.44. The van der Waals surface area contributed by atoms with Crippen molar-refractivity contribution in [3.05, 3.63) is 60.7 Å². The second kappa shape index (κ2) is 6.23. The van der Waals surface area contributed by atoms with Gasteiger partial charge in [-0.1, -0.05) is 81.4 Å². The van der Waals surface area contributed by atoms with Gasteiger partial charge < -0.3 is 9.53 Å². The molecular weight excluding hydrogens is 300 g/mol. The topological polar surface area (TPSA) is 29.5 Å². The molecule has 23 heavy (non-hydrogen) atoms. The van der Waals surface area contributed by atoms with E-state index in [2.05, 4.69) is 81.4 Å². The molecule has 0 aromatic heterocycles. The summed E-state index contributed by atoms with van der Waals surface area (Å²) in [4.78, 5) is 0. The summed E-state index contributed by atoms with van der Waals surface area (Å²) in [6.45, 7) is 6.80. The molecule has 2 atom stereocenters. The molecule has 0 unspecified atom stereocenters. The lowest BCUT2D eigenvalue weighted by Crippen LogP contribution is -2.69. The Morgan fingerprint density at radius 3 is 1.65 bits per heavy atom. The van der Waals surface area contributed by atoms with Gasteiger partial charge >= 0.3 is 0 Å². The summed E-state index contributed by atoms with van der Waals surface area (Å²) in [7, 11) is -2.48. The molecule has 2 nitrogen and oxygen atoms in total. The first-order chi connectivity index (χ1) is 10.9. The third-order valence-corrected chi connectivity index (χ3v) is 9.98. The molecule has 0 saturated heterocycles. The number of aliphatic hydroxyl groups excluding tert-OH is 1. The Bertz CT molecular complexity index is 594. The van der Waals surface area contributed by atoms with Gasteiger partial charge in [0.2, 0.25) is 0 Å². The minimum atomic E-state index is -2.48. The molecule has 0 bridgehead atoms. The maximum absolute atomic E-state index is 10.1. The van der Waals surface area contributed by atoms with Crippen LogP contribution in [0.3, 0.4) is 0 Å². The summed E-state index contributed by atoms with van der Waals surface area (Å²) in [5.74, 6) is 0. The van der Waals surface area contributed by atoms with Gasteiger partial charge in [-0.15, -0.1) is 0 Å². The molecule has 1 saturated carbocycles. The third-order valence-electron chi connectivity index (χ3n) is 4.92. The Morgan fingerprint density at radius 1 is 0.870 bits per heavy atom. The number of hydrogen-bond acceptors (Lipinski definition) is 2. The molecule has 1 aliphatic carbocycles. The maximum atomic E-state index is 10.1. The van der Waals surface area contributed by atoms with Crippen LogP contribution in [0, 0.1) is 0 Å². The highest BCUT2D eigenvalue weighted by atomic mass is 28.4. The van der Waals surface area contributed by atoms with Gasteiger partial charge in [0.15, 0.2) is 0 Å². The van der Waals surface area contributed by atoms with E-state index in [-0.39, 0.29) is 17.2 Å². The molecule has 0 heterocycles. The second-order valence-electron chi connectivity index (χ2n) is 7.46. The Morgan fingerprint density at radius 2 is 1.35 bits per heavy atom. The van der Waals surface area contributed by atoms with E-state index in [0.29, 0.717) is 0 Å². The summed E-state index contributed by atoms with van der Waals surface area (Å²) >= 11 is 0. The molecule has 2 aromatic carbocycles. The standard InChI is InChI=1S/C20H26O2Si/c1-20(2,3)23(16-10-6-4-7-11-16,17-12-8-5-9-13-17)22-19-15-14-18(19)21/h4-13,18-19,21H,14-15H2,1-3H3/t18-,19+/m0/s1. The van der Waals surface area contributed by atoms with Crippen molar-refractivity contribution in [2.24, 2.45) is 0 Å². The van der Waals surface area contributed by atoms with Gasteiger partial charge in [0.05, 0.1) is 12.2 Å². The van der Waals surface area contributed by atoms with Gasteiger partial charge in [0.1, 0.15) is 0 Å². The second-order valence-corrected chi connectivity index (χ2v) is 11.7. The molecule has 122 valence electrons. The SMILES string of the molecule is CC(C)(C)[Si](O[C@@H]1CC[C@@H]1O)(c1ccccc1)c1ccccc1. The smallest absolute Gasteiger partial charge is 0.261 e. The van der Waals surface area contributed by atoms with Gasteiger partial charge in [0.25, 0.3) is 8.32 Å². The summed E-state index contributed by atoms with van der Waals surface area (Å²) in [5, 5.41) is 12.7. The van der Waals surface area contributed by atoms with Crippen LogP contribution in [0.2, 0.25) is 5.04 Å². The fourth-order valence-corrected chi connectivity index (χ4v) is 8.25. The van der Waals surface area contributed by atoms with Crippen LogP contribution in [-0.2, 0) is 4.43 Å². The van der Waals surface area contributed by atoms with Crippen molar-refractivity contribution >= 4 is 18.7 Å². The summed E-state index contributed by atoms with van der Waals surface area (Å²) in [5.41, 5.74) is 0. The number of hydrogen-bond donors (Lipinski definition) is 1. The van der Waals surface area contributed by atoms with Crippen LogP contribution in [0.15, 0.2) is 60.7 Å². The highest BCUT2D eigenvalue weighted by Crippen LogP contribution is 2.40. The molecule has 0 radical (unpaired) electrons. The van der Waals surface area contributed by atoms with E-state index >= 15 is 0 Å². The van der Waals surface area contributed by atoms with Gasteiger partial charge in [-0.2, -0.15) is 0 Å². The molecule has 0 spiro atoms. The van der Waals surface area contributed by atoms with Crippen molar-refractivity contribution in [1.29, 1.82) is 0 Å². The highest BCUT2D eigenvalue weighted by Gasteiger charge is 2.53. The van der Waals surface area contributed by atoms with E-state index in [0.717, 1.165) is 12.8 Å². The first kappa shape index (κ1) is 16.4. The number of aliphatic hydroxyl groups is 1. The van der Waals surface area contributed by atoms with Crippen molar-refractivity contribution in [1.82, 2.24) is 0 Å². The molecule has 1 aliphatic rings. The van der Waals surface area contributed by atoms with Crippen LogP contribution in [0.1, 0.15) is 33.6 Å². The van der Waals surface area contributed by atoms with Crippen LogP contribution >= 0.6 is 0 Å². The van der Waals surface area contributed by atoms with Gasteiger partial charge in [-0.05, 0) is 28.3 Å². The van der Waals surface area contributed by atoms with Gasteiger partial charge in [-0.3, -0.25) is 0 Å². The largest absolute Gasteiger partial charge is 0.402 e. The molecular formula is C20H26O2Si. The molecule has 0 amide bonds. The van der Waals surface area contributed by atoms with Crippen LogP contribution in [0.5, 0.6) is 0 Å². The Kier molecular flexibility index (Phi) is 4.45. The number of benzene rings is 2. The molecule has 0 aliphatic heterocycles. The van der Waals surface area contributed by atoms with E-state index in [9.17, 15) is 5.11 Å². The number of rotatable bonds is 4. The maximum Gasteiger partial charge on any atom is 0.261 e. The van der Waals surface area contributed by atoms with Crippen molar-refractivity contribution in [3.63, 3.8) is 0 Å². The van der Waals surface area contributed by atoms with Crippen molar-refractivity contribution in [2.75, 3.05) is 0 Å². The first-order valence-corrected chi connectivity index (χ1v) is 10.3. The fraction of sp³-hybridized carbons (Fsp3) is 0.400. The average molecular weight is 327 g/mol. The quantitative estimate of drug-likeness (QED) is 0.875. The zero-order valence-electron chi connectivity index (χ0n) is 14.2. The zero-order valence-corrected chi connectivity index (χ0v) is 15.2. The van der Waals surface area contributed by atoms with Crippen molar-refractivity contribution in [2.45, 2.75) is 50.9 Å². The van der Waals surface area contributed by atoms with E-state index < -0.39 is 8.32 Å². The molecule has 3 rings (SSSR count). The lowest BCUT2D eigenvalue weighted by Gasteiger charge is -2.48. The van der Waals surface area contributed by atoms with Crippen LogP contribution in [0.25, 0.3) is 0 Å². The van der Waals surface area contributed by atoms with Crippen LogP contribution in [0.4, 0.5) is 0 Å². The van der Waals surface area contributed by atoms with E-state index in [4.69, 9.17) is 4.43 Å². The van der Waals surface area contributed by atoms with Crippen molar-refractivity contribution < 1.29 is 9.53 Å². The monoisotopic (exact) mass is 326 g/mol. The molecule has 1 N–H and O–H groups in total. The lowest BCUT2D eigenvalue weighted by molar-refractivity contribution is -0.0416. The molecule has 3 heteroatoms. The first-order valence-electron chi connectivity index (χ1n) is 8.42. The fourth-order valence-electron chi connectivity index (χ4n) is 3.51. The minimum Gasteiger partial charge on any atom is -0.402 e. The Labute approximate surface area is 140 Å². The minimum absolute atomic E-state index is 0.0228. The predicted molar refractivity (Wildman–Crippen MR) is 97.7 cm³/mol. The zero-order chi connectivity index (χ0) is 16.5. The predicted octanol–water partition coefficient (Wildman–Crippen LogP) is 3.09. The van der Waals surface area contributed by atoms with E-state index in [1.165, 1.54) is 10.4 Å². The Balaban J connectivity index is 2.17. The van der Waals surface area contributed by atoms with Crippen molar-refractivity contribution in [3.8, 4) is 0 Å². The van der Waals surface area contributed by atoms with Gasteiger partial charge in [0, 0.05) is 0 Å². The molecule has 1 fully saturated rings. The van der Waals surface area contributed by atoms with E-state index in [1.807, 2.05) is 0 Å². The normalized spacial score (nSPS) is 21.7.